The molecule has 0 fully saturated rings. The molecule has 1 atom stereocenters. The van der Waals surface area contributed by atoms with Gasteiger partial charge in [-0.2, -0.15) is 0 Å². The van der Waals surface area contributed by atoms with E-state index in [1.54, 1.807) is 13.4 Å². The van der Waals surface area contributed by atoms with Crippen LogP contribution in [-0.4, -0.2) is 45.7 Å². The van der Waals surface area contributed by atoms with Crippen LogP contribution < -0.4 is 5.32 Å². The van der Waals surface area contributed by atoms with Gasteiger partial charge in [-0.15, -0.1) is 10.2 Å². The minimum absolute atomic E-state index is 0.131. The average molecular weight is 228 g/mol. The first-order chi connectivity index (χ1) is 7.61. The third kappa shape index (κ3) is 3.55. The van der Waals surface area contributed by atoms with Gasteiger partial charge in [0, 0.05) is 26.3 Å². The number of methoxy groups -OCH3 is 1. The standard InChI is InChI=1S/C10H20N4O2/c1-10(4-5-15,7-16-3)11-6-9-13-12-8-14(9)2/h8,11,15H,4-7H2,1-3H3. The lowest BCUT2D eigenvalue weighted by Gasteiger charge is -2.29. The minimum atomic E-state index is -0.241. The Kier molecular flexibility index (Phi) is 4.85. The van der Waals surface area contributed by atoms with Crippen molar-refractivity contribution in [1.82, 2.24) is 20.1 Å². The van der Waals surface area contributed by atoms with Crippen LogP contribution in [0.3, 0.4) is 0 Å². The van der Waals surface area contributed by atoms with Crippen molar-refractivity contribution >= 4 is 0 Å². The first-order valence-electron chi connectivity index (χ1n) is 5.29. The van der Waals surface area contributed by atoms with E-state index < -0.39 is 0 Å². The van der Waals surface area contributed by atoms with E-state index >= 15 is 0 Å². The first-order valence-corrected chi connectivity index (χ1v) is 5.29. The van der Waals surface area contributed by atoms with Gasteiger partial charge in [0.2, 0.25) is 0 Å². The Morgan fingerprint density at radius 1 is 1.62 bits per heavy atom. The van der Waals surface area contributed by atoms with Crippen LogP contribution in [0.1, 0.15) is 19.2 Å². The smallest absolute Gasteiger partial charge is 0.146 e. The Morgan fingerprint density at radius 2 is 2.38 bits per heavy atom. The van der Waals surface area contributed by atoms with Gasteiger partial charge in [-0.05, 0) is 13.3 Å². The third-order valence-corrected chi connectivity index (χ3v) is 2.60. The second-order valence-corrected chi connectivity index (χ2v) is 4.18. The molecule has 0 aromatic carbocycles. The quantitative estimate of drug-likeness (QED) is 0.670. The molecule has 0 amide bonds. The molecule has 0 radical (unpaired) electrons. The molecule has 1 rings (SSSR count). The fourth-order valence-electron chi connectivity index (χ4n) is 1.54. The van der Waals surface area contributed by atoms with Gasteiger partial charge in [0.15, 0.2) is 0 Å². The van der Waals surface area contributed by atoms with Gasteiger partial charge in [0.25, 0.3) is 0 Å². The van der Waals surface area contributed by atoms with Gasteiger partial charge in [0.1, 0.15) is 12.2 Å². The Labute approximate surface area is 95.6 Å². The molecule has 1 aromatic heterocycles. The SMILES string of the molecule is COCC(C)(CCO)NCc1nncn1C. The van der Waals surface area contributed by atoms with E-state index in [1.165, 1.54) is 0 Å². The predicted octanol–water partition coefficient (Wildman–Crippen LogP) is -0.308. The average Bonchev–Trinajstić information content (AvgIpc) is 2.62. The van der Waals surface area contributed by atoms with Gasteiger partial charge in [0.05, 0.1) is 13.2 Å². The summed E-state index contributed by atoms with van der Waals surface area (Å²) in [4.78, 5) is 0. The molecule has 92 valence electrons. The highest BCUT2D eigenvalue weighted by Gasteiger charge is 2.23. The van der Waals surface area contributed by atoms with Crippen LogP contribution in [0, 0.1) is 0 Å². The number of hydrogen-bond acceptors (Lipinski definition) is 5. The van der Waals surface area contributed by atoms with E-state index in [-0.39, 0.29) is 12.1 Å². The summed E-state index contributed by atoms with van der Waals surface area (Å²) in [5.41, 5.74) is -0.241. The molecule has 0 spiro atoms. The number of aliphatic hydroxyl groups excluding tert-OH is 1. The zero-order valence-electron chi connectivity index (χ0n) is 10.1. The molecular weight excluding hydrogens is 208 g/mol. The lowest BCUT2D eigenvalue weighted by Crippen LogP contribution is -2.46. The van der Waals surface area contributed by atoms with Crippen LogP contribution in [-0.2, 0) is 18.3 Å². The molecule has 2 N–H and O–H groups in total. The Bertz CT molecular complexity index is 308. The predicted molar refractivity (Wildman–Crippen MR) is 59.8 cm³/mol. The van der Waals surface area contributed by atoms with Crippen molar-refractivity contribution in [1.29, 1.82) is 0 Å². The normalized spacial score (nSPS) is 15.0. The van der Waals surface area contributed by atoms with E-state index in [9.17, 15) is 0 Å². The van der Waals surface area contributed by atoms with Crippen molar-refractivity contribution < 1.29 is 9.84 Å². The molecule has 1 aromatic rings. The van der Waals surface area contributed by atoms with E-state index in [0.717, 1.165) is 5.82 Å². The van der Waals surface area contributed by atoms with Crippen LogP contribution in [0.5, 0.6) is 0 Å². The van der Waals surface area contributed by atoms with Gasteiger partial charge in [-0.3, -0.25) is 0 Å². The summed E-state index contributed by atoms with van der Waals surface area (Å²) in [5, 5.41) is 20.1. The maximum Gasteiger partial charge on any atom is 0.146 e. The number of aliphatic hydroxyl groups is 1. The summed E-state index contributed by atoms with van der Waals surface area (Å²) < 4.78 is 7.00. The van der Waals surface area contributed by atoms with Crippen molar-refractivity contribution in [3.05, 3.63) is 12.2 Å². The number of aromatic nitrogens is 3. The lowest BCUT2D eigenvalue weighted by atomic mass is 9.99. The van der Waals surface area contributed by atoms with Gasteiger partial charge >= 0.3 is 0 Å². The molecule has 16 heavy (non-hydrogen) atoms. The fourth-order valence-corrected chi connectivity index (χ4v) is 1.54. The van der Waals surface area contributed by atoms with E-state index in [2.05, 4.69) is 15.5 Å². The maximum absolute atomic E-state index is 9.01. The Morgan fingerprint density at radius 3 is 2.88 bits per heavy atom. The highest BCUT2D eigenvalue weighted by atomic mass is 16.5. The van der Waals surface area contributed by atoms with Crippen molar-refractivity contribution in [2.45, 2.75) is 25.4 Å². The van der Waals surface area contributed by atoms with E-state index in [4.69, 9.17) is 9.84 Å². The number of nitrogens with one attached hydrogen (secondary N) is 1. The third-order valence-electron chi connectivity index (χ3n) is 2.60. The van der Waals surface area contributed by atoms with Crippen LogP contribution in [0.4, 0.5) is 0 Å². The molecule has 6 heteroatoms. The lowest BCUT2D eigenvalue weighted by molar-refractivity contribution is 0.0963. The number of aryl methyl sites for hydroxylation is 1. The largest absolute Gasteiger partial charge is 0.396 e. The van der Waals surface area contributed by atoms with Crippen molar-refractivity contribution in [3.63, 3.8) is 0 Å². The minimum Gasteiger partial charge on any atom is -0.396 e. The second kappa shape index (κ2) is 5.93. The van der Waals surface area contributed by atoms with Crippen molar-refractivity contribution in [2.24, 2.45) is 7.05 Å². The molecule has 0 aliphatic heterocycles. The monoisotopic (exact) mass is 228 g/mol. The summed E-state index contributed by atoms with van der Waals surface area (Å²) in [6.07, 6.45) is 2.30. The zero-order valence-corrected chi connectivity index (χ0v) is 10.1. The molecule has 6 nitrogen and oxygen atoms in total. The van der Waals surface area contributed by atoms with E-state index in [0.29, 0.717) is 19.6 Å². The van der Waals surface area contributed by atoms with E-state index in [1.807, 2.05) is 18.5 Å². The molecule has 1 unspecified atom stereocenters. The van der Waals surface area contributed by atoms with Crippen molar-refractivity contribution in [3.8, 4) is 0 Å². The summed E-state index contributed by atoms with van der Waals surface area (Å²) in [7, 11) is 3.55. The zero-order chi connectivity index (χ0) is 12.0. The number of ether oxygens (including phenoxy) is 1. The molecule has 0 saturated carbocycles. The highest BCUT2D eigenvalue weighted by Crippen LogP contribution is 2.10. The van der Waals surface area contributed by atoms with Gasteiger partial charge < -0.3 is 19.7 Å². The highest BCUT2D eigenvalue weighted by molar-refractivity contribution is 4.89. The van der Waals surface area contributed by atoms with Crippen LogP contribution in [0.2, 0.25) is 0 Å². The second-order valence-electron chi connectivity index (χ2n) is 4.18. The number of nitrogens with zero attached hydrogens (tertiary/aromatic N) is 3. The Hall–Kier alpha value is -0.980. The fraction of sp³-hybridized carbons (Fsp3) is 0.800. The Balaban J connectivity index is 2.53. The van der Waals surface area contributed by atoms with Gasteiger partial charge in [-0.25, -0.2) is 0 Å². The van der Waals surface area contributed by atoms with Crippen LogP contribution in [0.25, 0.3) is 0 Å². The summed E-state index contributed by atoms with van der Waals surface area (Å²) >= 11 is 0. The summed E-state index contributed by atoms with van der Waals surface area (Å²) in [6, 6.07) is 0. The molecule has 0 bridgehead atoms. The van der Waals surface area contributed by atoms with Crippen LogP contribution >= 0.6 is 0 Å². The molecule has 1 heterocycles. The topological polar surface area (TPSA) is 72.2 Å². The molecule has 0 saturated heterocycles. The first kappa shape index (κ1) is 13.1. The molecule has 0 aliphatic carbocycles. The molecular formula is C10H20N4O2. The van der Waals surface area contributed by atoms with Gasteiger partial charge in [-0.1, -0.05) is 0 Å². The molecule has 0 aliphatic rings. The number of hydrogen-bond donors (Lipinski definition) is 2. The summed E-state index contributed by atoms with van der Waals surface area (Å²) in [6.45, 7) is 3.30. The maximum atomic E-state index is 9.01. The summed E-state index contributed by atoms with van der Waals surface area (Å²) in [5.74, 6) is 0.861. The van der Waals surface area contributed by atoms with Crippen molar-refractivity contribution in [2.75, 3.05) is 20.3 Å². The number of rotatable bonds is 7. The van der Waals surface area contributed by atoms with Crippen LogP contribution in [0.15, 0.2) is 6.33 Å².